The Hall–Kier alpha value is -1.67. The van der Waals surface area contributed by atoms with Crippen LogP contribution in [0.1, 0.15) is 11.1 Å². The molecule has 94 valence electrons. The third-order valence-electron chi connectivity index (χ3n) is 2.96. The molecule has 2 aromatic rings. The molecule has 0 aromatic heterocycles. The molecule has 0 unspecified atom stereocenters. The highest BCUT2D eigenvalue weighted by molar-refractivity contribution is 6.33. The third-order valence-corrected chi connectivity index (χ3v) is 3.28. The highest BCUT2D eigenvalue weighted by Crippen LogP contribution is 2.23. The third kappa shape index (κ3) is 3.17. The van der Waals surface area contributed by atoms with Crippen molar-refractivity contribution in [3.05, 3.63) is 58.6 Å². The molecule has 0 atom stereocenters. The minimum absolute atomic E-state index is 0.666. The van der Waals surface area contributed by atoms with E-state index in [0.717, 1.165) is 18.7 Å². The smallest absolute Gasteiger partial charge is 0.0657 e. The molecule has 3 heteroatoms. The molecule has 0 aliphatic carbocycles. The molecule has 0 saturated carbocycles. The molecule has 0 aliphatic heterocycles. The largest absolute Gasteiger partial charge is 0.399 e. The monoisotopic (exact) mass is 260 g/mol. The molecule has 0 saturated heterocycles. The maximum atomic E-state index is 6.10. The summed E-state index contributed by atoms with van der Waals surface area (Å²) in [6.45, 7) is 2.99. The summed E-state index contributed by atoms with van der Waals surface area (Å²) in [5, 5.41) is 3.99. The van der Waals surface area contributed by atoms with Crippen molar-refractivity contribution in [2.45, 2.75) is 13.3 Å². The van der Waals surface area contributed by atoms with Crippen LogP contribution >= 0.6 is 11.6 Å². The van der Waals surface area contributed by atoms with E-state index in [2.05, 4.69) is 36.5 Å². The Labute approximate surface area is 113 Å². The van der Waals surface area contributed by atoms with Gasteiger partial charge in [0, 0.05) is 12.2 Å². The fourth-order valence-corrected chi connectivity index (χ4v) is 2.15. The number of benzene rings is 2. The van der Waals surface area contributed by atoms with Crippen molar-refractivity contribution in [1.29, 1.82) is 0 Å². The molecular formula is C15H17ClN2. The molecule has 2 aromatic carbocycles. The quantitative estimate of drug-likeness (QED) is 0.819. The average molecular weight is 261 g/mol. The summed E-state index contributed by atoms with van der Waals surface area (Å²) in [5.41, 5.74) is 9.95. The number of anilines is 2. The Morgan fingerprint density at radius 1 is 1.17 bits per heavy atom. The van der Waals surface area contributed by atoms with Gasteiger partial charge in [-0.2, -0.15) is 0 Å². The van der Waals surface area contributed by atoms with Crippen LogP contribution in [0.25, 0.3) is 0 Å². The zero-order chi connectivity index (χ0) is 13.0. The minimum atomic E-state index is 0.666. The summed E-state index contributed by atoms with van der Waals surface area (Å²) in [5.74, 6) is 0. The predicted molar refractivity (Wildman–Crippen MR) is 79.2 cm³/mol. The van der Waals surface area contributed by atoms with Crippen molar-refractivity contribution in [2.24, 2.45) is 0 Å². The first kappa shape index (κ1) is 12.8. The maximum absolute atomic E-state index is 6.10. The van der Waals surface area contributed by atoms with Crippen LogP contribution in [0.3, 0.4) is 0 Å². The second kappa shape index (κ2) is 5.78. The van der Waals surface area contributed by atoms with Gasteiger partial charge in [-0.1, -0.05) is 35.9 Å². The summed E-state index contributed by atoms with van der Waals surface area (Å²) in [6, 6.07) is 13.9. The van der Waals surface area contributed by atoms with Crippen molar-refractivity contribution in [1.82, 2.24) is 0 Å². The first-order valence-corrected chi connectivity index (χ1v) is 6.38. The Bertz CT molecular complexity index is 538. The van der Waals surface area contributed by atoms with Gasteiger partial charge in [0.1, 0.15) is 0 Å². The summed E-state index contributed by atoms with van der Waals surface area (Å²) in [4.78, 5) is 0. The molecule has 0 amide bonds. The molecule has 0 bridgehead atoms. The van der Waals surface area contributed by atoms with Crippen molar-refractivity contribution >= 4 is 23.0 Å². The summed E-state index contributed by atoms with van der Waals surface area (Å²) in [6.07, 6.45) is 0.980. The maximum Gasteiger partial charge on any atom is 0.0657 e. The topological polar surface area (TPSA) is 38.0 Å². The number of rotatable bonds is 4. The van der Waals surface area contributed by atoms with E-state index in [1.54, 1.807) is 6.07 Å². The van der Waals surface area contributed by atoms with Crippen LogP contribution in [-0.2, 0) is 6.42 Å². The zero-order valence-electron chi connectivity index (χ0n) is 10.4. The van der Waals surface area contributed by atoms with Crippen molar-refractivity contribution in [3.63, 3.8) is 0 Å². The van der Waals surface area contributed by atoms with Crippen LogP contribution in [0.2, 0.25) is 5.02 Å². The molecule has 2 nitrogen and oxygen atoms in total. The molecule has 0 heterocycles. The van der Waals surface area contributed by atoms with Gasteiger partial charge in [0.25, 0.3) is 0 Å². The van der Waals surface area contributed by atoms with Crippen LogP contribution in [-0.4, -0.2) is 6.54 Å². The van der Waals surface area contributed by atoms with E-state index in [1.807, 2.05) is 12.1 Å². The van der Waals surface area contributed by atoms with Gasteiger partial charge < -0.3 is 11.1 Å². The number of hydrogen-bond acceptors (Lipinski definition) is 2. The second-order valence-corrected chi connectivity index (χ2v) is 4.75. The van der Waals surface area contributed by atoms with Gasteiger partial charge in [-0.05, 0) is 42.7 Å². The van der Waals surface area contributed by atoms with Crippen LogP contribution in [0.4, 0.5) is 11.4 Å². The molecule has 3 N–H and O–H groups in total. The standard InChI is InChI=1S/C15H17ClN2/c1-11-4-2-3-5-12(11)8-9-18-15-7-6-13(17)10-14(15)16/h2-7,10,18H,8-9,17H2,1H3. The number of nitrogens with two attached hydrogens (primary N) is 1. The number of aryl methyl sites for hydroxylation is 1. The van der Waals surface area contributed by atoms with Gasteiger partial charge >= 0.3 is 0 Å². The minimum Gasteiger partial charge on any atom is -0.399 e. The first-order chi connectivity index (χ1) is 8.66. The SMILES string of the molecule is Cc1ccccc1CCNc1ccc(N)cc1Cl. The summed E-state index contributed by atoms with van der Waals surface area (Å²) < 4.78 is 0. The number of nitrogens with one attached hydrogen (secondary N) is 1. The van der Waals surface area contributed by atoms with Crippen molar-refractivity contribution in [2.75, 3.05) is 17.6 Å². The predicted octanol–water partition coefficient (Wildman–Crippen LogP) is 3.89. The Kier molecular flexibility index (Phi) is 4.11. The Balaban J connectivity index is 1.95. The Morgan fingerprint density at radius 3 is 2.67 bits per heavy atom. The van der Waals surface area contributed by atoms with E-state index in [4.69, 9.17) is 17.3 Å². The molecule has 2 rings (SSSR count). The lowest BCUT2D eigenvalue weighted by molar-refractivity contribution is 1.01. The average Bonchev–Trinajstić information content (AvgIpc) is 2.34. The van der Waals surface area contributed by atoms with Crippen molar-refractivity contribution in [3.8, 4) is 0 Å². The van der Waals surface area contributed by atoms with E-state index in [9.17, 15) is 0 Å². The number of halogens is 1. The second-order valence-electron chi connectivity index (χ2n) is 4.34. The van der Waals surface area contributed by atoms with Gasteiger partial charge in [0.15, 0.2) is 0 Å². The summed E-state index contributed by atoms with van der Waals surface area (Å²) in [7, 11) is 0. The van der Waals surface area contributed by atoms with E-state index in [1.165, 1.54) is 11.1 Å². The zero-order valence-corrected chi connectivity index (χ0v) is 11.2. The van der Waals surface area contributed by atoms with Crippen molar-refractivity contribution < 1.29 is 0 Å². The van der Waals surface area contributed by atoms with Crippen LogP contribution in [0.5, 0.6) is 0 Å². The van der Waals surface area contributed by atoms with E-state index >= 15 is 0 Å². The lowest BCUT2D eigenvalue weighted by Crippen LogP contribution is -2.06. The highest BCUT2D eigenvalue weighted by Gasteiger charge is 2.01. The first-order valence-electron chi connectivity index (χ1n) is 6.00. The molecular weight excluding hydrogens is 244 g/mol. The number of hydrogen-bond donors (Lipinski definition) is 2. The van der Waals surface area contributed by atoms with Crippen LogP contribution in [0.15, 0.2) is 42.5 Å². The summed E-state index contributed by atoms with van der Waals surface area (Å²) >= 11 is 6.10. The molecule has 0 spiro atoms. The van der Waals surface area contributed by atoms with E-state index in [-0.39, 0.29) is 0 Å². The molecule has 0 fully saturated rings. The highest BCUT2D eigenvalue weighted by atomic mass is 35.5. The fourth-order valence-electron chi connectivity index (χ4n) is 1.90. The van der Waals surface area contributed by atoms with Gasteiger partial charge in [0.05, 0.1) is 10.7 Å². The molecule has 0 aliphatic rings. The van der Waals surface area contributed by atoms with Crippen LogP contribution < -0.4 is 11.1 Å². The van der Waals surface area contributed by atoms with Gasteiger partial charge in [-0.15, -0.1) is 0 Å². The molecule has 0 radical (unpaired) electrons. The Morgan fingerprint density at radius 2 is 1.94 bits per heavy atom. The number of nitrogen functional groups attached to an aromatic ring is 1. The normalized spacial score (nSPS) is 10.3. The van der Waals surface area contributed by atoms with Gasteiger partial charge in [0.2, 0.25) is 0 Å². The van der Waals surface area contributed by atoms with E-state index < -0.39 is 0 Å². The lowest BCUT2D eigenvalue weighted by atomic mass is 10.1. The van der Waals surface area contributed by atoms with Crippen LogP contribution in [0, 0.1) is 6.92 Å². The lowest BCUT2D eigenvalue weighted by Gasteiger charge is -2.10. The van der Waals surface area contributed by atoms with E-state index in [0.29, 0.717) is 10.7 Å². The fraction of sp³-hybridized carbons (Fsp3) is 0.200. The van der Waals surface area contributed by atoms with Gasteiger partial charge in [-0.25, -0.2) is 0 Å². The molecule has 18 heavy (non-hydrogen) atoms. The van der Waals surface area contributed by atoms with Gasteiger partial charge in [-0.3, -0.25) is 0 Å².